The second-order valence-corrected chi connectivity index (χ2v) is 4.93. The minimum absolute atomic E-state index is 0.000710. The van der Waals surface area contributed by atoms with Gasteiger partial charge in [0.15, 0.2) is 17.3 Å². The third-order valence-corrected chi connectivity index (χ3v) is 3.04. The number of rotatable bonds is 12. The first-order valence-corrected chi connectivity index (χ1v) is 7.47. The Morgan fingerprint density at radius 1 is 1.30 bits per heavy atom. The maximum atomic E-state index is 11.3. The Morgan fingerprint density at radius 3 is 2.74 bits per heavy atom. The van der Waals surface area contributed by atoms with Crippen molar-refractivity contribution >= 4 is 5.78 Å². The number of nitrogens with one attached hydrogen (secondary N) is 1. The number of carbonyl (C=O) groups is 1. The van der Waals surface area contributed by atoms with Gasteiger partial charge in [0.2, 0.25) is 0 Å². The number of Topliss-reactive ketones (excluding diaryl/α,β-unsaturated/α-hetero) is 1. The fraction of sp³-hybridized carbons (Fsp3) is 0.562. The lowest BCUT2D eigenvalue weighted by atomic mass is 10.1. The van der Waals surface area contributed by atoms with Crippen LogP contribution in [0.3, 0.4) is 0 Å². The fourth-order valence-corrected chi connectivity index (χ4v) is 1.83. The molecule has 0 aromatic heterocycles. The molecule has 0 radical (unpaired) electrons. The van der Waals surface area contributed by atoms with Gasteiger partial charge in [-0.15, -0.1) is 0 Å². The van der Waals surface area contributed by atoms with Crippen LogP contribution in [0, 0.1) is 0 Å². The molecule has 0 saturated carbocycles. The largest absolute Gasteiger partial charge is 0.493 e. The summed E-state index contributed by atoms with van der Waals surface area (Å²) in [4.78, 5) is 11.3. The third kappa shape index (κ3) is 7.43. The zero-order valence-corrected chi connectivity index (χ0v) is 13.6. The van der Waals surface area contributed by atoms with Crippen molar-refractivity contribution in [3.63, 3.8) is 0 Å². The lowest BCUT2D eigenvalue weighted by molar-refractivity contribution is 0.0837. The van der Waals surface area contributed by atoms with Crippen molar-refractivity contribution in [1.82, 2.24) is 5.32 Å². The summed E-state index contributed by atoms with van der Waals surface area (Å²) in [5, 5.41) is 21.4. The van der Waals surface area contributed by atoms with Gasteiger partial charge in [0.1, 0.15) is 12.7 Å². The summed E-state index contributed by atoms with van der Waals surface area (Å²) in [6, 6.07) is 4.92. The van der Waals surface area contributed by atoms with E-state index in [4.69, 9.17) is 19.3 Å². The number of hydrogen-bond acceptors (Lipinski definition) is 7. The number of benzene rings is 1. The number of hydrogen-bond donors (Lipinski definition) is 3. The SMILES string of the molecule is COc1cc(C(C)=O)ccc1OCC(O)CNCCOCCO. The number of methoxy groups -OCH3 is 1. The van der Waals surface area contributed by atoms with Gasteiger partial charge in [0, 0.05) is 18.7 Å². The first-order chi connectivity index (χ1) is 11.1. The highest BCUT2D eigenvalue weighted by Crippen LogP contribution is 2.28. The minimum Gasteiger partial charge on any atom is -0.493 e. The van der Waals surface area contributed by atoms with Crippen molar-refractivity contribution in [2.24, 2.45) is 0 Å². The summed E-state index contributed by atoms with van der Waals surface area (Å²) in [5.41, 5.74) is 0.541. The molecular weight excluding hydrogens is 302 g/mol. The monoisotopic (exact) mass is 327 g/mol. The van der Waals surface area contributed by atoms with Gasteiger partial charge in [-0.1, -0.05) is 0 Å². The van der Waals surface area contributed by atoms with Gasteiger partial charge in [-0.25, -0.2) is 0 Å². The first-order valence-electron chi connectivity index (χ1n) is 7.47. The second-order valence-electron chi connectivity index (χ2n) is 4.93. The molecule has 1 aromatic carbocycles. The lowest BCUT2D eigenvalue weighted by Crippen LogP contribution is -2.33. The average Bonchev–Trinajstić information content (AvgIpc) is 2.55. The van der Waals surface area contributed by atoms with Crippen molar-refractivity contribution in [2.75, 3.05) is 46.6 Å². The zero-order valence-electron chi connectivity index (χ0n) is 13.6. The van der Waals surface area contributed by atoms with Crippen LogP contribution in [-0.4, -0.2) is 68.7 Å². The van der Waals surface area contributed by atoms with Crippen LogP contribution >= 0.6 is 0 Å². The van der Waals surface area contributed by atoms with Crippen molar-refractivity contribution in [2.45, 2.75) is 13.0 Å². The van der Waals surface area contributed by atoms with Gasteiger partial charge in [-0.05, 0) is 25.1 Å². The summed E-state index contributed by atoms with van der Waals surface area (Å²) in [6.07, 6.45) is -0.690. The number of carbonyl (C=O) groups excluding carboxylic acids is 1. The van der Waals surface area contributed by atoms with Crippen molar-refractivity contribution in [3.05, 3.63) is 23.8 Å². The van der Waals surface area contributed by atoms with E-state index < -0.39 is 6.10 Å². The Labute approximate surface area is 136 Å². The molecule has 0 fully saturated rings. The van der Waals surface area contributed by atoms with E-state index in [1.165, 1.54) is 14.0 Å². The average molecular weight is 327 g/mol. The lowest BCUT2D eigenvalue weighted by Gasteiger charge is -2.15. The van der Waals surface area contributed by atoms with Gasteiger partial charge in [0.05, 0.1) is 26.9 Å². The number of aliphatic hydroxyl groups is 2. The molecule has 0 amide bonds. The van der Waals surface area contributed by atoms with E-state index in [1.807, 2.05) is 0 Å². The highest BCUT2D eigenvalue weighted by atomic mass is 16.5. The molecule has 3 N–H and O–H groups in total. The molecular formula is C16H25NO6. The minimum atomic E-state index is -0.690. The van der Waals surface area contributed by atoms with Gasteiger partial charge in [-0.2, -0.15) is 0 Å². The van der Waals surface area contributed by atoms with E-state index in [-0.39, 0.29) is 19.0 Å². The Balaban J connectivity index is 2.35. The molecule has 1 aromatic rings. The maximum absolute atomic E-state index is 11.3. The summed E-state index contributed by atoms with van der Waals surface area (Å²) in [7, 11) is 1.50. The van der Waals surface area contributed by atoms with E-state index in [2.05, 4.69) is 5.32 Å². The zero-order chi connectivity index (χ0) is 17.1. The quantitative estimate of drug-likeness (QED) is 0.374. The smallest absolute Gasteiger partial charge is 0.161 e. The Bertz CT molecular complexity index is 480. The maximum Gasteiger partial charge on any atom is 0.161 e. The molecule has 0 saturated heterocycles. The molecule has 0 aliphatic rings. The second kappa shape index (κ2) is 11.0. The fourth-order valence-electron chi connectivity index (χ4n) is 1.83. The molecule has 0 aliphatic heterocycles. The topological polar surface area (TPSA) is 97.3 Å². The van der Waals surface area contributed by atoms with Crippen LogP contribution in [-0.2, 0) is 4.74 Å². The Kier molecular flexibility index (Phi) is 9.23. The van der Waals surface area contributed by atoms with Crippen molar-refractivity contribution in [3.8, 4) is 11.5 Å². The summed E-state index contributed by atoms with van der Waals surface area (Å²) in [6.45, 7) is 3.29. The normalized spacial score (nSPS) is 12.0. The van der Waals surface area contributed by atoms with Crippen LogP contribution in [0.15, 0.2) is 18.2 Å². The molecule has 23 heavy (non-hydrogen) atoms. The number of aliphatic hydroxyl groups excluding tert-OH is 2. The molecule has 0 aliphatic carbocycles. The predicted molar refractivity (Wildman–Crippen MR) is 85.3 cm³/mol. The van der Waals surface area contributed by atoms with Crippen molar-refractivity contribution in [1.29, 1.82) is 0 Å². The van der Waals surface area contributed by atoms with Crippen molar-refractivity contribution < 1.29 is 29.2 Å². The molecule has 130 valence electrons. The van der Waals surface area contributed by atoms with Crippen LogP contribution in [0.4, 0.5) is 0 Å². The first kappa shape index (κ1) is 19.4. The Hall–Kier alpha value is -1.67. The molecule has 7 nitrogen and oxygen atoms in total. The highest BCUT2D eigenvalue weighted by molar-refractivity contribution is 5.94. The Morgan fingerprint density at radius 2 is 2.09 bits per heavy atom. The summed E-state index contributed by atoms with van der Waals surface area (Å²) < 4.78 is 15.8. The van der Waals surface area contributed by atoms with Gasteiger partial charge >= 0.3 is 0 Å². The van der Waals surface area contributed by atoms with E-state index >= 15 is 0 Å². The third-order valence-electron chi connectivity index (χ3n) is 3.04. The molecule has 1 rings (SSSR count). The van der Waals surface area contributed by atoms with Crippen LogP contribution in [0.1, 0.15) is 17.3 Å². The predicted octanol–water partition coefficient (Wildman–Crippen LogP) is 0.236. The molecule has 1 unspecified atom stereocenters. The molecule has 0 bridgehead atoms. The molecule has 0 heterocycles. The van der Waals surface area contributed by atoms with E-state index in [0.29, 0.717) is 43.4 Å². The van der Waals surface area contributed by atoms with Gasteiger partial charge in [0.25, 0.3) is 0 Å². The van der Waals surface area contributed by atoms with E-state index in [0.717, 1.165) is 0 Å². The summed E-state index contributed by atoms with van der Waals surface area (Å²) >= 11 is 0. The van der Waals surface area contributed by atoms with Gasteiger partial charge < -0.3 is 29.7 Å². The molecule has 1 atom stereocenters. The molecule has 0 spiro atoms. The standard InChI is InChI=1S/C16H25NO6/c1-12(19)13-3-4-15(16(9-13)21-2)23-11-14(20)10-17-5-7-22-8-6-18/h3-4,9,14,17-18,20H,5-8,10-11H2,1-2H3. The number of ether oxygens (including phenoxy) is 3. The van der Waals surface area contributed by atoms with Crippen LogP contribution in [0.5, 0.6) is 11.5 Å². The highest BCUT2D eigenvalue weighted by Gasteiger charge is 2.11. The van der Waals surface area contributed by atoms with E-state index in [9.17, 15) is 9.90 Å². The molecule has 7 heteroatoms. The van der Waals surface area contributed by atoms with Crippen LogP contribution in [0.2, 0.25) is 0 Å². The van der Waals surface area contributed by atoms with Crippen LogP contribution in [0.25, 0.3) is 0 Å². The van der Waals surface area contributed by atoms with E-state index in [1.54, 1.807) is 18.2 Å². The van der Waals surface area contributed by atoms with Gasteiger partial charge in [-0.3, -0.25) is 4.79 Å². The number of ketones is 1. The van der Waals surface area contributed by atoms with Crippen LogP contribution < -0.4 is 14.8 Å². The summed E-state index contributed by atoms with van der Waals surface area (Å²) in [5.74, 6) is 0.876.